The van der Waals surface area contributed by atoms with Gasteiger partial charge in [0.15, 0.2) is 0 Å². The van der Waals surface area contributed by atoms with Gasteiger partial charge in [0.1, 0.15) is 16.2 Å². The van der Waals surface area contributed by atoms with E-state index in [9.17, 15) is 0 Å². The number of anilines is 1. The van der Waals surface area contributed by atoms with E-state index in [2.05, 4.69) is 48.0 Å². The summed E-state index contributed by atoms with van der Waals surface area (Å²) >= 11 is 5.09. The molecule has 0 saturated heterocycles. The van der Waals surface area contributed by atoms with Crippen LogP contribution in [0.15, 0.2) is 27.5 Å². The largest absolute Gasteiger partial charge is 0.366 e. The third kappa shape index (κ3) is 3.02. The van der Waals surface area contributed by atoms with Crippen molar-refractivity contribution in [3.05, 3.63) is 38.9 Å². The molecule has 2 aromatic heterocycles. The van der Waals surface area contributed by atoms with Crippen molar-refractivity contribution < 1.29 is 0 Å². The van der Waals surface area contributed by atoms with E-state index in [4.69, 9.17) is 0 Å². The van der Waals surface area contributed by atoms with Gasteiger partial charge in [-0.3, -0.25) is 0 Å². The number of aryl methyl sites for hydroxylation is 1. The molecule has 2 aromatic rings. The van der Waals surface area contributed by atoms with Gasteiger partial charge < -0.3 is 5.32 Å². The summed E-state index contributed by atoms with van der Waals surface area (Å²) in [6.45, 7) is 2.85. The van der Waals surface area contributed by atoms with Crippen molar-refractivity contribution in [3.63, 3.8) is 0 Å². The average Bonchev–Trinajstić information content (AvgIpc) is 2.78. The molecular weight excluding hydrogens is 286 g/mol. The molecule has 0 aliphatic rings. The smallest absolute Gasteiger partial charge is 0.131 e. The van der Waals surface area contributed by atoms with E-state index in [1.807, 2.05) is 13.0 Å². The van der Waals surface area contributed by atoms with Crippen molar-refractivity contribution in [2.24, 2.45) is 0 Å². The molecule has 0 aliphatic heterocycles. The van der Waals surface area contributed by atoms with Crippen LogP contribution in [0, 0.1) is 0 Å². The van der Waals surface area contributed by atoms with Gasteiger partial charge in [0, 0.05) is 19.0 Å². The lowest BCUT2D eigenvalue weighted by Gasteiger charge is -2.06. The third-order valence-electron chi connectivity index (χ3n) is 2.11. The van der Waals surface area contributed by atoms with Crippen LogP contribution in [-0.2, 0) is 13.0 Å². The highest BCUT2D eigenvalue weighted by Gasteiger charge is 2.01. The Balaban J connectivity index is 2.06. The van der Waals surface area contributed by atoms with E-state index in [1.54, 1.807) is 11.3 Å². The topological polar surface area (TPSA) is 37.8 Å². The Kier molecular flexibility index (Phi) is 3.90. The van der Waals surface area contributed by atoms with Crippen molar-refractivity contribution in [2.75, 3.05) is 5.32 Å². The first-order valence-corrected chi connectivity index (χ1v) is 6.80. The highest BCUT2D eigenvalue weighted by atomic mass is 79.9. The molecule has 0 spiro atoms. The molecule has 0 saturated carbocycles. The van der Waals surface area contributed by atoms with Gasteiger partial charge in [0.2, 0.25) is 0 Å². The highest BCUT2D eigenvalue weighted by molar-refractivity contribution is 9.10. The number of rotatable bonds is 4. The van der Waals surface area contributed by atoms with E-state index in [-0.39, 0.29) is 0 Å². The van der Waals surface area contributed by atoms with Crippen LogP contribution in [0.4, 0.5) is 5.82 Å². The van der Waals surface area contributed by atoms with E-state index in [0.29, 0.717) is 0 Å². The molecule has 0 aliphatic carbocycles. The summed E-state index contributed by atoms with van der Waals surface area (Å²) in [5.41, 5.74) is 1.28. The van der Waals surface area contributed by atoms with Crippen molar-refractivity contribution in [1.29, 1.82) is 0 Å². The van der Waals surface area contributed by atoms with Gasteiger partial charge in [-0.1, -0.05) is 6.92 Å². The quantitative estimate of drug-likeness (QED) is 0.878. The summed E-state index contributed by atoms with van der Waals surface area (Å²) in [4.78, 5) is 8.67. The number of thiophene rings is 1. The Hall–Kier alpha value is -0.940. The van der Waals surface area contributed by atoms with Crippen LogP contribution in [0.25, 0.3) is 0 Å². The molecule has 0 radical (unpaired) electrons. The maximum atomic E-state index is 4.40. The van der Waals surface area contributed by atoms with Crippen LogP contribution >= 0.6 is 27.3 Å². The molecule has 0 unspecified atom stereocenters. The van der Waals surface area contributed by atoms with Crippen LogP contribution in [0.5, 0.6) is 0 Å². The highest BCUT2D eigenvalue weighted by Crippen LogP contribution is 2.14. The summed E-state index contributed by atoms with van der Waals surface area (Å²) in [7, 11) is 0. The number of nitrogens with zero attached hydrogens (tertiary/aromatic N) is 2. The molecule has 0 amide bonds. The van der Waals surface area contributed by atoms with Crippen LogP contribution < -0.4 is 5.32 Å². The zero-order valence-electron chi connectivity index (χ0n) is 8.90. The molecule has 0 fully saturated rings. The predicted octanol–water partition coefficient (Wildman–Crippen LogP) is 3.48. The molecule has 2 rings (SSSR count). The molecule has 5 heteroatoms. The first kappa shape index (κ1) is 11.5. The van der Waals surface area contributed by atoms with Gasteiger partial charge >= 0.3 is 0 Å². The zero-order chi connectivity index (χ0) is 11.4. The summed E-state index contributed by atoms with van der Waals surface area (Å²) in [5.74, 6) is 1.71. The Labute approximate surface area is 107 Å². The summed E-state index contributed by atoms with van der Waals surface area (Å²) < 4.78 is 0.826. The van der Waals surface area contributed by atoms with Crippen LogP contribution in [0.1, 0.15) is 18.3 Å². The van der Waals surface area contributed by atoms with Crippen LogP contribution in [0.3, 0.4) is 0 Å². The van der Waals surface area contributed by atoms with Gasteiger partial charge in [-0.25, -0.2) is 9.97 Å². The van der Waals surface area contributed by atoms with Crippen molar-refractivity contribution >= 4 is 33.1 Å². The molecule has 0 aromatic carbocycles. The van der Waals surface area contributed by atoms with Gasteiger partial charge in [-0.05, 0) is 38.3 Å². The normalized spacial score (nSPS) is 10.4. The fourth-order valence-electron chi connectivity index (χ4n) is 1.30. The molecule has 84 valence electrons. The monoisotopic (exact) mass is 297 g/mol. The SMILES string of the molecule is CCc1nc(Br)cc(NCc2ccsc2)n1. The van der Waals surface area contributed by atoms with Gasteiger partial charge in [-0.15, -0.1) is 0 Å². The Bertz CT molecular complexity index is 456. The van der Waals surface area contributed by atoms with Gasteiger partial charge in [0.05, 0.1) is 0 Å². The third-order valence-corrected chi connectivity index (χ3v) is 3.25. The van der Waals surface area contributed by atoms with Crippen LogP contribution in [-0.4, -0.2) is 9.97 Å². The molecule has 0 atom stereocenters. The Morgan fingerprint density at radius 2 is 2.31 bits per heavy atom. The van der Waals surface area contributed by atoms with E-state index >= 15 is 0 Å². The Morgan fingerprint density at radius 1 is 1.44 bits per heavy atom. The molecule has 2 heterocycles. The lowest BCUT2D eigenvalue weighted by molar-refractivity contribution is 0.922. The Morgan fingerprint density at radius 3 is 3.00 bits per heavy atom. The zero-order valence-corrected chi connectivity index (χ0v) is 11.3. The van der Waals surface area contributed by atoms with Crippen molar-refractivity contribution in [1.82, 2.24) is 9.97 Å². The second-order valence-electron chi connectivity index (χ2n) is 3.33. The minimum absolute atomic E-state index is 0.802. The van der Waals surface area contributed by atoms with E-state index in [0.717, 1.165) is 29.2 Å². The number of hydrogen-bond acceptors (Lipinski definition) is 4. The minimum Gasteiger partial charge on any atom is -0.366 e. The molecule has 0 bridgehead atoms. The fourth-order valence-corrected chi connectivity index (χ4v) is 2.39. The molecule has 1 N–H and O–H groups in total. The summed E-state index contributed by atoms with van der Waals surface area (Å²) in [6, 6.07) is 4.00. The lowest BCUT2D eigenvalue weighted by Crippen LogP contribution is -2.03. The summed E-state index contributed by atoms with van der Waals surface area (Å²) in [5, 5.41) is 7.49. The average molecular weight is 298 g/mol. The number of aromatic nitrogens is 2. The number of nitrogens with one attached hydrogen (secondary N) is 1. The lowest BCUT2D eigenvalue weighted by atomic mass is 10.3. The molecule has 3 nitrogen and oxygen atoms in total. The van der Waals surface area contributed by atoms with Crippen molar-refractivity contribution in [2.45, 2.75) is 19.9 Å². The predicted molar refractivity (Wildman–Crippen MR) is 70.8 cm³/mol. The maximum Gasteiger partial charge on any atom is 0.131 e. The van der Waals surface area contributed by atoms with Gasteiger partial charge in [0.25, 0.3) is 0 Å². The molecule has 16 heavy (non-hydrogen) atoms. The second-order valence-corrected chi connectivity index (χ2v) is 4.92. The van der Waals surface area contributed by atoms with E-state index < -0.39 is 0 Å². The minimum atomic E-state index is 0.802. The maximum absolute atomic E-state index is 4.40. The first-order chi connectivity index (χ1) is 7.78. The summed E-state index contributed by atoms with van der Waals surface area (Å²) in [6.07, 6.45) is 0.840. The fraction of sp³-hybridized carbons (Fsp3) is 0.273. The van der Waals surface area contributed by atoms with E-state index in [1.165, 1.54) is 5.56 Å². The second kappa shape index (κ2) is 5.41. The number of halogens is 1. The molecular formula is C11H12BrN3S. The number of hydrogen-bond donors (Lipinski definition) is 1. The van der Waals surface area contributed by atoms with Gasteiger partial charge in [-0.2, -0.15) is 11.3 Å². The first-order valence-electron chi connectivity index (χ1n) is 5.06. The van der Waals surface area contributed by atoms with Crippen molar-refractivity contribution in [3.8, 4) is 0 Å². The standard InChI is InChI=1S/C11H12BrN3S/c1-2-10-14-9(12)5-11(15-10)13-6-8-3-4-16-7-8/h3-5,7H,2,6H2,1H3,(H,13,14,15). The van der Waals surface area contributed by atoms with Crippen LogP contribution in [0.2, 0.25) is 0 Å².